The highest BCUT2D eigenvalue weighted by Crippen LogP contribution is 2.27. The van der Waals surface area contributed by atoms with Crippen LogP contribution in [0.5, 0.6) is 0 Å². The van der Waals surface area contributed by atoms with Crippen molar-refractivity contribution in [3.05, 3.63) is 65.5 Å². The Morgan fingerprint density at radius 2 is 2.09 bits per heavy atom. The highest BCUT2D eigenvalue weighted by molar-refractivity contribution is 6.06. The van der Waals surface area contributed by atoms with Crippen molar-refractivity contribution in [2.75, 3.05) is 6.61 Å². The second-order valence-corrected chi connectivity index (χ2v) is 4.65. The van der Waals surface area contributed by atoms with E-state index >= 15 is 0 Å². The Hall–Kier alpha value is -2.82. The summed E-state index contributed by atoms with van der Waals surface area (Å²) in [5.41, 5.74) is 1.85. The summed E-state index contributed by atoms with van der Waals surface area (Å²) >= 11 is 0. The van der Waals surface area contributed by atoms with Crippen LogP contribution in [0, 0.1) is 0 Å². The molecule has 0 aromatic heterocycles. The zero-order valence-electron chi connectivity index (χ0n) is 12.3. The molecule has 0 fully saturated rings. The molecule has 0 saturated carbocycles. The summed E-state index contributed by atoms with van der Waals surface area (Å²) in [7, 11) is 0. The Morgan fingerprint density at radius 1 is 1.41 bits per heavy atom. The van der Waals surface area contributed by atoms with E-state index in [4.69, 9.17) is 4.74 Å². The van der Waals surface area contributed by atoms with E-state index in [-0.39, 0.29) is 18.6 Å². The molecule has 1 aromatic carbocycles. The predicted molar refractivity (Wildman–Crippen MR) is 82.6 cm³/mol. The van der Waals surface area contributed by atoms with Gasteiger partial charge in [0, 0.05) is 6.42 Å². The Labute approximate surface area is 128 Å². The van der Waals surface area contributed by atoms with Crippen molar-refractivity contribution in [2.45, 2.75) is 13.3 Å². The standard InChI is InChI=1S/C17H17NO4/c1-3-11-10-13(17(21)22-4-2)15(19)16(20)18-14(11)12-8-6-5-7-9-12/h3,5-9,19H,1,4,10H2,2H3,(H,18,20). The fraction of sp³-hybridized carbons (Fsp3) is 0.176. The number of nitrogens with one attached hydrogen (secondary N) is 1. The molecule has 1 heterocycles. The van der Waals surface area contributed by atoms with Crippen molar-refractivity contribution < 1.29 is 19.4 Å². The van der Waals surface area contributed by atoms with E-state index in [1.165, 1.54) is 0 Å². The fourth-order valence-electron chi connectivity index (χ4n) is 2.18. The normalized spacial score (nSPS) is 15.2. The maximum Gasteiger partial charge on any atom is 0.338 e. The summed E-state index contributed by atoms with van der Waals surface area (Å²) in [6.07, 6.45) is 1.62. The lowest BCUT2D eigenvalue weighted by Gasteiger charge is -2.11. The molecule has 1 aromatic rings. The molecular weight excluding hydrogens is 282 g/mol. The van der Waals surface area contributed by atoms with Gasteiger partial charge in [0.15, 0.2) is 5.76 Å². The van der Waals surface area contributed by atoms with E-state index in [2.05, 4.69) is 11.9 Å². The topological polar surface area (TPSA) is 75.6 Å². The summed E-state index contributed by atoms with van der Waals surface area (Å²) in [6, 6.07) is 9.17. The summed E-state index contributed by atoms with van der Waals surface area (Å²) in [6.45, 7) is 5.55. The Balaban J connectivity index is 2.49. The average Bonchev–Trinajstić information content (AvgIpc) is 2.66. The Bertz CT molecular complexity index is 671. The summed E-state index contributed by atoms with van der Waals surface area (Å²) in [4.78, 5) is 24.0. The van der Waals surface area contributed by atoms with E-state index in [0.717, 1.165) is 5.56 Å². The molecule has 1 amide bonds. The molecule has 2 N–H and O–H groups in total. The van der Waals surface area contributed by atoms with Gasteiger partial charge in [0.2, 0.25) is 0 Å². The van der Waals surface area contributed by atoms with Gasteiger partial charge in [0.25, 0.3) is 5.91 Å². The first-order chi connectivity index (χ1) is 10.6. The van der Waals surface area contributed by atoms with Gasteiger partial charge in [-0.1, -0.05) is 43.0 Å². The van der Waals surface area contributed by atoms with E-state index in [0.29, 0.717) is 11.3 Å². The summed E-state index contributed by atoms with van der Waals surface area (Å²) < 4.78 is 4.90. The molecule has 0 aliphatic carbocycles. The minimum atomic E-state index is -0.737. The minimum absolute atomic E-state index is 0.0666. The lowest BCUT2D eigenvalue weighted by molar-refractivity contribution is -0.139. The van der Waals surface area contributed by atoms with Crippen LogP contribution in [-0.2, 0) is 14.3 Å². The van der Waals surface area contributed by atoms with Crippen molar-refractivity contribution in [1.82, 2.24) is 5.32 Å². The number of amides is 1. The second-order valence-electron chi connectivity index (χ2n) is 4.65. The van der Waals surface area contributed by atoms with Crippen LogP contribution < -0.4 is 5.32 Å². The van der Waals surface area contributed by atoms with Crippen LogP contribution in [0.4, 0.5) is 0 Å². The average molecular weight is 299 g/mol. The van der Waals surface area contributed by atoms with E-state index in [1.807, 2.05) is 30.3 Å². The molecule has 1 aliphatic rings. The molecule has 0 atom stereocenters. The number of aliphatic hydroxyl groups is 1. The quantitative estimate of drug-likeness (QED) is 0.838. The molecule has 0 unspecified atom stereocenters. The van der Waals surface area contributed by atoms with E-state index < -0.39 is 17.6 Å². The van der Waals surface area contributed by atoms with Gasteiger partial charge >= 0.3 is 5.97 Å². The largest absolute Gasteiger partial charge is 0.503 e. The van der Waals surface area contributed by atoms with Crippen molar-refractivity contribution in [3.63, 3.8) is 0 Å². The van der Waals surface area contributed by atoms with E-state index in [1.54, 1.807) is 13.0 Å². The zero-order valence-corrected chi connectivity index (χ0v) is 12.3. The number of benzene rings is 1. The maximum atomic E-state index is 12.1. The van der Waals surface area contributed by atoms with Crippen molar-refractivity contribution in [2.24, 2.45) is 0 Å². The number of allylic oxidation sites excluding steroid dienone is 2. The number of rotatable bonds is 4. The molecule has 114 valence electrons. The predicted octanol–water partition coefficient (Wildman–Crippen LogP) is 2.48. The highest BCUT2D eigenvalue weighted by atomic mass is 16.5. The molecule has 22 heavy (non-hydrogen) atoms. The van der Waals surface area contributed by atoms with Gasteiger partial charge in [-0.2, -0.15) is 0 Å². The first-order valence-electron chi connectivity index (χ1n) is 6.90. The molecular formula is C17H17NO4. The molecule has 0 spiro atoms. The van der Waals surface area contributed by atoms with Crippen LogP contribution in [-0.4, -0.2) is 23.6 Å². The first-order valence-corrected chi connectivity index (χ1v) is 6.90. The molecule has 5 heteroatoms. The Morgan fingerprint density at radius 3 is 2.68 bits per heavy atom. The van der Waals surface area contributed by atoms with E-state index in [9.17, 15) is 14.7 Å². The van der Waals surface area contributed by atoms with Crippen LogP contribution in [0.25, 0.3) is 5.70 Å². The SMILES string of the molecule is C=CC1=C(c2ccccc2)NC(=O)C(O)=C(C(=O)OCC)C1. The second kappa shape index (κ2) is 6.76. The number of carbonyl (C=O) groups is 2. The van der Waals surface area contributed by atoms with Gasteiger partial charge in [0.1, 0.15) is 0 Å². The van der Waals surface area contributed by atoms with Crippen LogP contribution in [0.15, 0.2) is 59.9 Å². The molecule has 0 bridgehead atoms. The van der Waals surface area contributed by atoms with Gasteiger partial charge in [-0.15, -0.1) is 0 Å². The van der Waals surface area contributed by atoms with Gasteiger partial charge in [-0.3, -0.25) is 4.79 Å². The monoisotopic (exact) mass is 299 g/mol. The molecule has 1 aliphatic heterocycles. The van der Waals surface area contributed by atoms with Crippen LogP contribution in [0.1, 0.15) is 18.9 Å². The smallest absolute Gasteiger partial charge is 0.338 e. The fourth-order valence-corrected chi connectivity index (χ4v) is 2.18. The Kier molecular flexibility index (Phi) is 4.78. The van der Waals surface area contributed by atoms with Gasteiger partial charge in [0.05, 0.1) is 17.9 Å². The number of esters is 1. The van der Waals surface area contributed by atoms with Crippen LogP contribution in [0.2, 0.25) is 0 Å². The lowest BCUT2D eigenvalue weighted by Crippen LogP contribution is -2.24. The molecule has 2 rings (SSSR count). The molecule has 0 saturated heterocycles. The zero-order chi connectivity index (χ0) is 16.1. The van der Waals surface area contributed by atoms with Crippen molar-refractivity contribution in [3.8, 4) is 0 Å². The lowest BCUT2D eigenvalue weighted by atomic mass is 10.0. The summed E-state index contributed by atoms with van der Waals surface area (Å²) in [5.74, 6) is -2.06. The van der Waals surface area contributed by atoms with Crippen LogP contribution >= 0.6 is 0 Å². The number of aliphatic hydroxyl groups excluding tert-OH is 1. The van der Waals surface area contributed by atoms with Gasteiger partial charge in [-0.05, 0) is 18.1 Å². The van der Waals surface area contributed by atoms with Gasteiger partial charge in [-0.25, -0.2) is 4.79 Å². The third-order valence-electron chi connectivity index (χ3n) is 3.26. The van der Waals surface area contributed by atoms with Crippen LogP contribution in [0.3, 0.4) is 0 Å². The first kappa shape index (κ1) is 15.6. The number of carbonyl (C=O) groups excluding carboxylic acids is 2. The van der Waals surface area contributed by atoms with Crippen molar-refractivity contribution >= 4 is 17.6 Å². The molecule has 5 nitrogen and oxygen atoms in total. The maximum absolute atomic E-state index is 12.1. The third-order valence-corrected chi connectivity index (χ3v) is 3.26. The number of hydrogen-bond donors (Lipinski definition) is 2. The molecule has 0 radical (unpaired) electrons. The number of hydrogen-bond acceptors (Lipinski definition) is 4. The summed E-state index contributed by atoms with van der Waals surface area (Å²) in [5, 5.41) is 12.6. The highest BCUT2D eigenvalue weighted by Gasteiger charge is 2.27. The van der Waals surface area contributed by atoms with Gasteiger partial charge < -0.3 is 15.2 Å². The number of ether oxygens (including phenoxy) is 1. The third kappa shape index (κ3) is 3.09. The van der Waals surface area contributed by atoms with Crippen molar-refractivity contribution in [1.29, 1.82) is 0 Å². The minimum Gasteiger partial charge on any atom is -0.503 e.